The predicted octanol–water partition coefficient (Wildman–Crippen LogP) is 4.81. The molecule has 0 unspecified atom stereocenters. The maximum Gasteiger partial charge on any atom is 0.239 e. The molecule has 2 rings (SSSR count). The monoisotopic (exact) mass is 419 g/mol. The molecule has 156 valence electrons. The zero-order valence-corrected chi connectivity index (χ0v) is 17.7. The van der Waals surface area contributed by atoms with Gasteiger partial charge in [0.2, 0.25) is 10.0 Å². The van der Waals surface area contributed by atoms with Crippen molar-refractivity contribution in [1.82, 2.24) is 4.31 Å². The van der Waals surface area contributed by atoms with Crippen LogP contribution < -0.4 is 9.47 Å². The Balaban J connectivity index is 2.40. The van der Waals surface area contributed by atoms with Crippen molar-refractivity contribution in [1.29, 1.82) is 0 Å². The lowest BCUT2D eigenvalue weighted by Gasteiger charge is -2.24. The molecule has 2 aromatic carbocycles. The van der Waals surface area contributed by atoms with Crippen molar-refractivity contribution in [2.24, 2.45) is 0 Å². The van der Waals surface area contributed by atoms with E-state index >= 15 is 0 Å². The van der Waals surface area contributed by atoms with Gasteiger partial charge in [-0.1, -0.05) is 37.8 Å². The summed E-state index contributed by atoms with van der Waals surface area (Å²) in [6, 6.07) is 14.3. The van der Waals surface area contributed by atoms with E-state index in [0.717, 1.165) is 17.2 Å². The first-order chi connectivity index (χ1) is 13.8. The summed E-state index contributed by atoms with van der Waals surface area (Å²) in [7, 11) is -0.771. The summed E-state index contributed by atoms with van der Waals surface area (Å²) in [5.41, 5.74) is 1.58. The number of nitrogens with zero attached hydrogens (tertiary/aromatic N) is 1. The van der Waals surface area contributed by atoms with Gasteiger partial charge in [0.05, 0.1) is 19.1 Å². The highest BCUT2D eigenvalue weighted by atomic mass is 32.2. The minimum absolute atomic E-state index is 0.0213. The molecule has 2 aromatic rings. The van der Waals surface area contributed by atoms with E-state index in [1.165, 1.54) is 4.31 Å². The van der Waals surface area contributed by atoms with Gasteiger partial charge in [-0.2, -0.15) is 4.31 Å². The average molecular weight is 420 g/mol. The molecule has 7 heteroatoms. The molecule has 0 atom stereocenters. The summed E-state index contributed by atoms with van der Waals surface area (Å²) in [6.45, 7) is 5.11. The van der Waals surface area contributed by atoms with Crippen molar-refractivity contribution < 1.29 is 22.3 Å². The molecule has 0 aromatic heterocycles. The van der Waals surface area contributed by atoms with Crippen molar-refractivity contribution in [3.05, 3.63) is 83.0 Å². The van der Waals surface area contributed by atoms with E-state index < -0.39 is 15.9 Å². The summed E-state index contributed by atoms with van der Waals surface area (Å²) < 4.78 is 51.5. The molecule has 0 fully saturated rings. The van der Waals surface area contributed by atoms with Gasteiger partial charge in [-0.25, -0.2) is 12.8 Å². The Bertz CT molecular complexity index is 902. The fourth-order valence-corrected chi connectivity index (χ4v) is 4.41. The third-order valence-corrected chi connectivity index (χ3v) is 6.38. The zero-order chi connectivity index (χ0) is 21.4. The standard InChI is InChI=1S/C22H26FNO4S/c1-5-22(14-17(2)23)29(25,26)24(15-18-6-10-20(27-3)11-7-18)16-19-8-12-21(28-4)13-9-19/h6-14H,2,5,15-16H2,1,3-4H3/b22-14+. The number of methoxy groups -OCH3 is 2. The summed E-state index contributed by atoms with van der Waals surface area (Å²) in [6.07, 6.45) is 1.14. The Morgan fingerprint density at radius 2 is 1.38 bits per heavy atom. The topological polar surface area (TPSA) is 55.8 Å². The summed E-state index contributed by atoms with van der Waals surface area (Å²) in [5, 5.41) is 0. The molecule has 0 saturated heterocycles. The van der Waals surface area contributed by atoms with Gasteiger partial charge in [0.25, 0.3) is 0 Å². The van der Waals surface area contributed by atoms with Crippen molar-refractivity contribution >= 4 is 10.0 Å². The van der Waals surface area contributed by atoms with Crippen LogP contribution in [0.3, 0.4) is 0 Å². The van der Waals surface area contributed by atoms with Crippen molar-refractivity contribution in [3.8, 4) is 11.5 Å². The van der Waals surface area contributed by atoms with E-state index in [4.69, 9.17) is 9.47 Å². The van der Waals surface area contributed by atoms with Crippen LogP contribution in [0.15, 0.2) is 71.9 Å². The maximum atomic E-state index is 13.4. The van der Waals surface area contributed by atoms with Crippen molar-refractivity contribution in [2.75, 3.05) is 14.2 Å². The first-order valence-corrected chi connectivity index (χ1v) is 10.5. The highest BCUT2D eigenvalue weighted by Crippen LogP contribution is 2.25. The normalized spacial score (nSPS) is 12.1. The lowest BCUT2D eigenvalue weighted by Crippen LogP contribution is -2.31. The Labute approximate surface area is 172 Å². The molecular formula is C22H26FNO4S. The molecular weight excluding hydrogens is 393 g/mol. The summed E-state index contributed by atoms with van der Waals surface area (Å²) >= 11 is 0. The van der Waals surface area contributed by atoms with Crippen LogP contribution in [-0.4, -0.2) is 26.9 Å². The molecule has 0 saturated carbocycles. The number of sulfonamides is 1. The number of hydrogen-bond donors (Lipinski definition) is 0. The van der Waals surface area contributed by atoms with E-state index in [-0.39, 0.29) is 24.4 Å². The highest BCUT2D eigenvalue weighted by Gasteiger charge is 2.26. The lowest BCUT2D eigenvalue weighted by molar-refractivity contribution is 0.400. The first-order valence-electron chi connectivity index (χ1n) is 9.11. The largest absolute Gasteiger partial charge is 0.497 e. The maximum absolute atomic E-state index is 13.4. The van der Waals surface area contributed by atoms with Crippen LogP contribution in [0.25, 0.3) is 0 Å². The van der Waals surface area contributed by atoms with Gasteiger partial charge in [0.1, 0.15) is 17.3 Å². The predicted molar refractivity (Wildman–Crippen MR) is 113 cm³/mol. The van der Waals surface area contributed by atoms with Crippen LogP contribution in [-0.2, 0) is 23.1 Å². The van der Waals surface area contributed by atoms with E-state index in [2.05, 4.69) is 6.58 Å². The third-order valence-electron chi connectivity index (χ3n) is 4.37. The second-order valence-electron chi connectivity index (χ2n) is 6.38. The van der Waals surface area contributed by atoms with E-state index in [9.17, 15) is 12.8 Å². The van der Waals surface area contributed by atoms with Gasteiger partial charge in [0.15, 0.2) is 0 Å². The minimum atomic E-state index is -3.90. The third kappa shape index (κ3) is 6.17. The Morgan fingerprint density at radius 3 is 1.69 bits per heavy atom. The van der Waals surface area contributed by atoms with Crippen LogP contribution in [0.4, 0.5) is 4.39 Å². The molecule has 0 radical (unpaired) electrons. The Hall–Kier alpha value is -2.64. The average Bonchev–Trinajstić information content (AvgIpc) is 2.72. The van der Waals surface area contributed by atoms with Crippen LogP contribution in [0.1, 0.15) is 24.5 Å². The molecule has 0 amide bonds. The molecule has 29 heavy (non-hydrogen) atoms. The number of allylic oxidation sites excluding steroid dienone is 3. The highest BCUT2D eigenvalue weighted by molar-refractivity contribution is 7.93. The molecule has 5 nitrogen and oxygen atoms in total. The van der Waals surface area contributed by atoms with E-state index in [1.807, 2.05) is 0 Å². The molecule has 0 aliphatic heterocycles. The molecule has 0 spiro atoms. The number of rotatable bonds is 10. The number of halogens is 1. The fourth-order valence-electron chi connectivity index (χ4n) is 2.79. The van der Waals surface area contributed by atoms with Gasteiger partial charge in [-0.3, -0.25) is 0 Å². The first kappa shape index (κ1) is 22.6. The van der Waals surface area contributed by atoms with Gasteiger partial charge in [0, 0.05) is 13.1 Å². The van der Waals surface area contributed by atoms with E-state index in [0.29, 0.717) is 11.5 Å². The molecule has 0 heterocycles. The van der Waals surface area contributed by atoms with Crippen LogP contribution in [0.2, 0.25) is 0 Å². The second-order valence-corrected chi connectivity index (χ2v) is 8.37. The van der Waals surface area contributed by atoms with E-state index in [1.54, 1.807) is 69.7 Å². The smallest absolute Gasteiger partial charge is 0.239 e. The Kier molecular flexibility index (Phi) is 7.99. The molecule has 0 bridgehead atoms. The number of ether oxygens (including phenoxy) is 2. The Morgan fingerprint density at radius 1 is 0.966 bits per heavy atom. The number of benzene rings is 2. The van der Waals surface area contributed by atoms with Gasteiger partial charge >= 0.3 is 0 Å². The van der Waals surface area contributed by atoms with Crippen LogP contribution in [0.5, 0.6) is 11.5 Å². The zero-order valence-electron chi connectivity index (χ0n) is 16.9. The lowest BCUT2D eigenvalue weighted by atomic mass is 10.2. The second kappa shape index (κ2) is 10.2. The molecule has 0 aliphatic carbocycles. The minimum Gasteiger partial charge on any atom is -0.497 e. The molecule has 0 N–H and O–H groups in total. The van der Waals surface area contributed by atoms with Gasteiger partial charge in [-0.05, 0) is 47.9 Å². The molecule has 0 aliphatic rings. The van der Waals surface area contributed by atoms with Crippen molar-refractivity contribution in [2.45, 2.75) is 26.4 Å². The summed E-state index contributed by atoms with van der Waals surface area (Å²) in [4.78, 5) is -0.0213. The van der Waals surface area contributed by atoms with Gasteiger partial charge in [-0.15, -0.1) is 0 Å². The fraction of sp³-hybridized carbons (Fsp3) is 0.273. The van der Waals surface area contributed by atoms with Gasteiger partial charge < -0.3 is 9.47 Å². The number of hydrogen-bond acceptors (Lipinski definition) is 4. The SMILES string of the molecule is C=C(F)/C=C(\CC)S(=O)(=O)N(Cc1ccc(OC)cc1)Cc1ccc(OC)cc1. The van der Waals surface area contributed by atoms with Crippen LogP contribution in [0, 0.1) is 0 Å². The quantitative estimate of drug-likeness (QED) is 0.519. The summed E-state index contributed by atoms with van der Waals surface area (Å²) in [5.74, 6) is 0.571. The van der Waals surface area contributed by atoms with Crippen LogP contribution >= 0.6 is 0 Å². The van der Waals surface area contributed by atoms with Crippen molar-refractivity contribution in [3.63, 3.8) is 0 Å².